The summed E-state index contributed by atoms with van der Waals surface area (Å²) in [5.41, 5.74) is -0.608. The average molecular weight is 221 g/mol. The molecule has 0 bridgehead atoms. The zero-order valence-electron chi connectivity index (χ0n) is 9.42. The summed E-state index contributed by atoms with van der Waals surface area (Å²) in [7, 11) is 5.39. The Morgan fingerprint density at radius 2 is 1.93 bits per heavy atom. The molecule has 0 radical (unpaired) electrons. The van der Waals surface area contributed by atoms with Crippen LogP contribution in [0.1, 0.15) is 13.3 Å². The highest BCUT2D eigenvalue weighted by Gasteiger charge is 2.27. The topological polar surface area (TPSA) is 56.8 Å². The minimum Gasteiger partial charge on any atom is -0.362 e. The van der Waals surface area contributed by atoms with Gasteiger partial charge >= 0.3 is 0 Å². The van der Waals surface area contributed by atoms with Gasteiger partial charge in [0.05, 0.1) is 10.2 Å². The SMILES string of the molecule is COC(CC([SiH3])(OC)OC)NC(C)=O. The third kappa shape index (κ3) is 4.71. The molecule has 1 amide bonds. The molecule has 0 aromatic rings. The molecule has 1 unspecified atom stereocenters. The first kappa shape index (κ1) is 13.6. The molecule has 1 atom stereocenters. The van der Waals surface area contributed by atoms with E-state index in [9.17, 15) is 4.79 Å². The third-order valence-corrected chi connectivity index (χ3v) is 3.29. The predicted octanol–water partition coefficient (Wildman–Crippen LogP) is -1.20. The molecule has 1 N–H and O–H groups in total. The van der Waals surface area contributed by atoms with Crippen LogP contribution in [0.4, 0.5) is 0 Å². The average Bonchev–Trinajstić information content (AvgIpc) is 2.16. The fourth-order valence-corrected chi connectivity index (χ4v) is 1.38. The predicted molar refractivity (Wildman–Crippen MR) is 55.9 cm³/mol. The van der Waals surface area contributed by atoms with Crippen molar-refractivity contribution in [3.8, 4) is 0 Å². The fraction of sp³-hybridized carbons (Fsp3) is 0.875. The molecule has 0 saturated carbocycles. The molecule has 5 nitrogen and oxygen atoms in total. The van der Waals surface area contributed by atoms with Crippen LogP contribution < -0.4 is 5.32 Å². The van der Waals surface area contributed by atoms with Gasteiger partial charge < -0.3 is 19.5 Å². The number of nitrogens with one attached hydrogen (secondary N) is 1. The molecule has 14 heavy (non-hydrogen) atoms. The normalized spacial score (nSPS) is 14.0. The van der Waals surface area contributed by atoms with Crippen molar-refractivity contribution in [2.24, 2.45) is 0 Å². The second kappa shape index (κ2) is 6.13. The number of rotatable bonds is 6. The second-order valence-corrected chi connectivity index (χ2v) is 4.69. The van der Waals surface area contributed by atoms with Crippen LogP contribution >= 0.6 is 0 Å². The summed E-state index contributed by atoms with van der Waals surface area (Å²) < 4.78 is 15.5. The first-order chi connectivity index (χ1) is 6.47. The lowest BCUT2D eigenvalue weighted by Gasteiger charge is -2.30. The van der Waals surface area contributed by atoms with Crippen molar-refractivity contribution in [3.63, 3.8) is 0 Å². The van der Waals surface area contributed by atoms with E-state index >= 15 is 0 Å². The molecule has 0 rings (SSSR count). The lowest BCUT2D eigenvalue weighted by molar-refractivity contribution is -0.167. The Kier molecular flexibility index (Phi) is 5.94. The highest BCUT2D eigenvalue weighted by molar-refractivity contribution is 6.13. The maximum atomic E-state index is 10.8. The molecule has 0 aliphatic rings. The van der Waals surface area contributed by atoms with Gasteiger partial charge in [0.2, 0.25) is 5.91 Å². The molecule has 0 aliphatic carbocycles. The van der Waals surface area contributed by atoms with E-state index in [4.69, 9.17) is 14.2 Å². The van der Waals surface area contributed by atoms with Crippen LogP contribution in [-0.4, -0.2) is 49.1 Å². The van der Waals surface area contributed by atoms with Crippen LogP contribution in [0.2, 0.25) is 0 Å². The fourth-order valence-electron chi connectivity index (χ4n) is 1.01. The van der Waals surface area contributed by atoms with Gasteiger partial charge in [0.25, 0.3) is 0 Å². The highest BCUT2D eigenvalue weighted by Crippen LogP contribution is 2.14. The molecular formula is C8H19NO4Si. The third-order valence-electron chi connectivity index (χ3n) is 2.07. The van der Waals surface area contributed by atoms with E-state index in [0.29, 0.717) is 16.7 Å². The Hall–Kier alpha value is -0.433. The number of methoxy groups -OCH3 is 3. The van der Waals surface area contributed by atoms with E-state index < -0.39 is 5.41 Å². The molecule has 0 aromatic heterocycles. The monoisotopic (exact) mass is 221 g/mol. The second-order valence-electron chi connectivity index (χ2n) is 3.17. The Balaban J connectivity index is 4.21. The van der Waals surface area contributed by atoms with Crippen molar-refractivity contribution in [2.45, 2.75) is 25.0 Å². The summed E-state index contributed by atoms with van der Waals surface area (Å²) in [5, 5.41) is 2.65. The Morgan fingerprint density at radius 3 is 2.21 bits per heavy atom. The van der Waals surface area contributed by atoms with Gasteiger partial charge in [-0.1, -0.05) is 0 Å². The summed E-state index contributed by atoms with van der Waals surface area (Å²) in [5.74, 6) is -0.131. The van der Waals surface area contributed by atoms with E-state index in [2.05, 4.69) is 5.32 Å². The quantitative estimate of drug-likeness (QED) is 0.452. The lowest BCUT2D eigenvalue weighted by Crippen LogP contribution is -2.45. The van der Waals surface area contributed by atoms with Crippen molar-refractivity contribution in [2.75, 3.05) is 21.3 Å². The van der Waals surface area contributed by atoms with E-state index in [0.717, 1.165) is 0 Å². The Bertz CT molecular complexity index is 184. The van der Waals surface area contributed by atoms with Crippen molar-refractivity contribution >= 4 is 16.1 Å². The molecule has 84 valence electrons. The smallest absolute Gasteiger partial charge is 0.218 e. The number of ether oxygens (including phenoxy) is 3. The van der Waals surface area contributed by atoms with Crippen LogP contribution in [0.3, 0.4) is 0 Å². The van der Waals surface area contributed by atoms with Gasteiger partial charge in [-0.2, -0.15) is 0 Å². The van der Waals surface area contributed by atoms with Gasteiger partial charge in [-0.05, 0) is 0 Å². The van der Waals surface area contributed by atoms with E-state index in [-0.39, 0.29) is 12.1 Å². The number of hydrogen-bond acceptors (Lipinski definition) is 4. The standard InChI is InChI=1S/C8H19NO4Si/c1-6(10)9-7(11-2)5-8(14,12-3)13-4/h7H,5H2,1-4,14H3,(H,9,10). The molecule has 0 saturated heterocycles. The van der Waals surface area contributed by atoms with E-state index in [1.165, 1.54) is 14.0 Å². The minimum absolute atomic E-state index is 0.131. The molecule has 6 heteroatoms. The van der Waals surface area contributed by atoms with Crippen molar-refractivity contribution in [1.29, 1.82) is 0 Å². The van der Waals surface area contributed by atoms with Crippen LogP contribution in [-0.2, 0) is 19.0 Å². The minimum atomic E-state index is -0.608. The molecule has 0 aromatic carbocycles. The van der Waals surface area contributed by atoms with Crippen molar-refractivity contribution in [3.05, 3.63) is 0 Å². The Labute approximate surface area is 87.5 Å². The molecule has 0 heterocycles. The Morgan fingerprint density at radius 1 is 1.43 bits per heavy atom. The van der Waals surface area contributed by atoms with Gasteiger partial charge in [0, 0.05) is 34.7 Å². The molecule has 0 spiro atoms. The summed E-state index contributed by atoms with van der Waals surface area (Å²) in [6.07, 6.45) is 0.118. The molecule has 0 fully saturated rings. The van der Waals surface area contributed by atoms with Crippen molar-refractivity contribution < 1.29 is 19.0 Å². The number of hydrogen-bond donors (Lipinski definition) is 1. The van der Waals surface area contributed by atoms with E-state index in [1.54, 1.807) is 14.2 Å². The largest absolute Gasteiger partial charge is 0.362 e. The summed E-state index contributed by atoms with van der Waals surface area (Å²) in [6.45, 7) is 1.44. The summed E-state index contributed by atoms with van der Waals surface area (Å²) >= 11 is 0. The zero-order valence-corrected chi connectivity index (χ0v) is 11.4. The number of amides is 1. The maximum Gasteiger partial charge on any atom is 0.218 e. The van der Waals surface area contributed by atoms with Crippen LogP contribution in [0.25, 0.3) is 0 Å². The van der Waals surface area contributed by atoms with Gasteiger partial charge in [-0.25, -0.2) is 0 Å². The van der Waals surface area contributed by atoms with E-state index in [1.807, 2.05) is 0 Å². The first-order valence-corrected chi connectivity index (χ1v) is 5.37. The van der Waals surface area contributed by atoms with Crippen molar-refractivity contribution in [1.82, 2.24) is 5.32 Å². The van der Waals surface area contributed by atoms with Gasteiger partial charge in [-0.15, -0.1) is 0 Å². The molecular weight excluding hydrogens is 202 g/mol. The lowest BCUT2D eigenvalue weighted by atomic mass is 10.3. The zero-order chi connectivity index (χ0) is 11.2. The van der Waals surface area contributed by atoms with Gasteiger partial charge in [0.1, 0.15) is 11.6 Å². The summed E-state index contributed by atoms with van der Waals surface area (Å²) in [6, 6.07) is 0. The van der Waals surface area contributed by atoms with Crippen LogP contribution in [0, 0.1) is 0 Å². The highest BCUT2D eigenvalue weighted by atomic mass is 28.1. The van der Waals surface area contributed by atoms with Crippen LogP contribution in [0.15, 0.2) is 0 Å². The maximum absolute atomic E-state index is 10.8. The van der Waals surface area contributed by atoms with Gasteiger partial charge in [0.15, 0.2) is 0 Å². The summed E-state index contributed by atoms with van der Waals surface area (Å²) in [4.78, 5) is 10.8. The number of carbonyl (C=O) groups is 1. The van der Waals surface area contributed by atoms with Gasteiger partial charge in [-0.3, -0.25) is 4.79 Å². The number of carbonyl (C=O) groups excluding carboxylic acids is 1. The molecule has 0 aliphatic heterocycles. The first-order valence-electron chi connectivity index (χ1n) is 4.37. The van der Waals surface area contributed by atoms with Crippen LogP contribution in [0.5, 0.6) is 0 Å².